The molecular weight excluding hydrogens is 292 g/mol. The molecule has 1 unspecified atom stereocenters. The van der Waals surface area contributed by atoms with Crippen molar-refractivity contribution >= 4 is 17.7 Å². The van der Waals surface area contributed by atoms with Gasteiger partial charge in [-0.2, -0.15) is 0 Å². The lowest BCUT2D eigenvalue weighted by molar-refractivity contribution is 0.0516. The van der Waals surface area contributed by atoms with Crippen LogP contribution in [-0.4, -0.2) is 28.8 Å². The van der Waals surface area contributed by atoms with E-state index in [9.17, 15) is 4.79 Å². The van der Waals surface area contributed by atoms with Gasteiger partial charge >= 0.3 is 6.09 Å². The number of nitrogens with one attached hydrogen (secondary N) is 1. The minimum absolute atomic E-state index is 0.0530. The van der Waals surface area contributed by atoms with Crippen LogP contribution in [0.4, 0.5) is 4.79 Å². The zero-order chi connectivity index (χ0) is 15.3. The lowest BCUT2D eigenvalue weighted by atomic mass is 9.98. The van der Waals surface area contributed by atoms with Crippen molar-refractivity contribution in [3.8, 4) is 5.75 Å². The van der Waals surface area contributed by atoms with Crippen LogP contribution in [0.25, 0.3) is 0 Å². The van der Waals surface area contributed by atoms with Crippen LogP contribution in [0.3, 0.4) is 0 Å². The Labute approximate surface area is 129 Å². The highest BCUT2D eigenvalue weighted by Gasteiger charge is 2.58. The summed E-state index contributed by atoms with van der Waals surface area (Å²) >= 11 is 5.95. The Bertz CT molecular complexity index is 579. The van der Waals surface area contributed by atoms with Crippen LogP contribution in [0.1, 0.15) is 45.2 Å². The maximum atomic E-state index is 11.8. The molecule has 0 aromatic carbocycles. The second kappa shape index (κ2) is 4.77. The first-order valence-electron chi connectivity index (χ1n) is 7.10. The first kappa shape index (κ1) is 14.4. The molecule has 21 heavy (non-hydrogen) atoms. The number of amides is 1. The fourth-order valence-corrected chi connectivity index (χ4v) is 2.82. The fourth-order valence-electron chi connectivity index (χ4n) is 2.67. The molecule has 1 spiro atoms. The van der Waals surface area contributed by atoms with E-state index in [1.807, 2.05) is 20.8 Å². The molecule has 1 N–H and O–H groups in total. The molecule has 2 aliphatic rings. The van der Waals surface area contributed by atoms with Gasteiger partial charge in [0.25, 0.3) is 0 Å². The lowest BCUT2D eigenvalue weighted by Gasteiger charge is -2.22. The van der Waals surface area contributed by atoms with Gasteiger partial charge < -0.3 is 14.8 Å². The van der Waals surface area contributed by atoms with E-state index in [4.69, 9.17) is 21.1 Å². The molecular formula is C15H19ClN2O3. The van der Waals surface area contributed by atoms with Crippen molar-refractivity contribution in [1.29, 1.82) is 0 Å². The van der Waals surface area contributed by atoms with E-state index in [-0.39, 0.29) is 11.5 Å². The predicted molar refractivity (Wildman–Crippen MR) is 78.8 cm³/mol. The zero-order valence-corrected chi connectivity index (χ0v) is 13.2. The maximum absolute atomic E-state index is 11.8. The Morgan fingerprint density at radius 3 is 2.90 bits per heavy atom. The number of hydrogen-bond donors (Lipinski definition) is 1. The summed E-state index contributed by atoms with van der Waals surface area (Å²) in [6, 6.07) is 1.79. The number of rotatable bonds is 2. The molecule has 0 radical (unpaired) electrons. The first-order valence-corrected chi connectivity index (χ1v) is 7.48. The first-order chi connectivity index (χ1) is 9.79. The summed E-state index contributed by atoms with van der Waals surface area (Å²) in [7, 11) is 0. The lowest BCUT2D eigenvalue weighted by Crippen LogP contribution is -2.37. The number of hydrogen-bond acceptors (Lipinski definition) is 4. The molecule has 2 heterocycles. The van der Waals surface area contributed by atoms with Crippen LogP contribution in [0.2, 0.25) is 5.02 Å². The van der Waals surface area contributed by atoms with Gasteiger partial charge in [-0.05, 0) is 33.6 Å². The molecule has 1 aliphatic carbocycles. The maximum Gasteiger partial charge on any atom is 0.407 e. The molecule has 6 heteroatoms. The monoisotopic (exact) mass is 310 g/mol. The molecule has 1 aromatic heterocycles. The minimum atomic E-state index is -0.503. The Morgan fingerprint density at radius 2 is 2.29 bits per heavy atom. The second-order valence-electron chi connectivity index (χ2n) is 6.64. The SMILES string of the molecule is CC(C)(C)OC(=O)NCC1c2ncc(Cl)cc2OC12CC2. The van der Waals surface area contributed by atoms with Gasteiger partial charge in [0, 0.05) is 18.8 Å². The molecule has 3 rings (SSSR count). The summed E-state index contributed by atoms with van der Waals surface area (Å²) in [6.45, 7) is 5.97. The third kappa shape index (κ3) is 2.93. The highest BCUT2D eigenvalue weighted by molar-refractivity contribution is 6.30. The zero-order valence-electron chi connectivity index (χ0n) is 12.4. The van der Waals surface area contributed by atoms with E-state index in [0.29, 0.717) is 11.6 Å². The third-order valence-electron chi connectivity index (χ3n) is 3.72. The topological polar surface area (TPSA) is 60.5 Å². The van der Waals surface area contributed by atoms with Crippen molar-refractivity contribution in [2.45, 2.75) is 50.7 Å². The number of halogens is 1. The Balaban J connectivity index is 1.70. The molecule has 5 nitrogen and oxygen atoms in total. The number of alkyl carbamates (subject to hydrolysis) is 1. The normalized spacial score (nSPS) is 21.6. The number of carbonyl (C=O) groups excluding carboxylic acids is 1. The van der Waals surface area contributed by atoms with Crippen LogP contribution < -0.4 is 10.1 Å². The van der Waals surface area contributed by atoms with Crippen LogP contribution >= 0.6 is 11.6 Å². The molecule has 1 saturated carbocycles. The molecule has 1 aromatic rings. The van der Waals surface area contributed by atoms with E-state index in [2.05, 4.69) is 10.3 Å². The fraction of sp³-hybridized carbons (Fsp3) is 0.600. The van der Waals surface area contributed by atoms with Gasteiger partial charge in [0.1, 0.15) is 17.0 Å². The summed E-state index contributed by atoms with van der Waals surface area (Å²) in [5, 5.41) is 3.38. The molecule has 1 atom stereocenters. The third-order valence-corrected chi connectivity index (χ3v) is 3.93. The van der Waals surface area contributed by atoms with Crippen molar-refractivity contribution in [3.63, 3.8) is 0 Å². The summed E-state index contributed by atoms with van der Waals surface area (Å²) in [5.74, 6) is 0.785. The Hall–Kier alpha value is -1.49. The highest BCUT2D eigenvalue weighted by atomic mass is 35.5. The molecule has 114 valence electrons. The highest BCUT2D eigenvalue weighted by Crippen LogP contribution is 2.57. The molecule has 1 amide bonds. The van der Waals surface area contributed by atoms with Crippen LogP contribution in [0, 0.1) is 0 Å². The van der Waals surface area contributed by atoms with Crippen LogP contribution in [0.15, 0.2) is 12.3 Å². The molecule has 0 bridgehead atoms. The standard InChI is InChI=1S/C15H19ClN2O3/c1-14(2,3)21-13(19)18-8-10-12-11(6-9(16)7-17-12)20-15(10)4-5-15/h6-7,10H,4-5,8H2,1-3H3,(H,18,19). The van der Waals surface area contributed by atoms with E-state index in [1.54, 1.807) is 12.3 Å². The number of fused-ring (bicyclic) bond motifs is 1. The van der Waals surface area contributed by atoms with Gasteiger partial charge in [0.15, 0.2) is 0 Å². The Kier molecular flexibility index (Phi) is 3.28. The summed E-state index contributed by atoms with van der Waals surface area (Å²) in [6.07, 6.45) is 3.15. The quantitative estimate of drug-likeness (QED) is 0.910. The van der Waals surface area contributed by atoms with Gasteiger partial charge in [-0.15, -0.1) is 0 Å². The number of pyridine rings is 1. The second-order valence-corrected chi connectivity index (χ2v) is 7.08. The van der Waals surface area contributed by atoms with Gasteiger partial charge in [-0.25, -0.2) is 4.79 Å². The van der Waals surface area contributed by atoms with Gasteiger partial charge in [-0.3, -0.25) is 4.98 Å². The van der Waals surface area contributed by atoms with Gasteiger partial charge in [-0.1, -0.05) is 11.6 Å². The summed E-state index contributed by atoms with van der Waals surface area (Å²) in [5.41, 5.74) is 0.152. The van der Waals surface area contributed by atoms with Crippen molar-refractivity contribution in [3.05, 3.63) is 23.0 Å². The summed E-state index contributed by atoms with van der Waals surface area (Å²) in [4.78, 5) is 16.2. The average molecular weight is 311 g/mol. The number of aromatic nitrogens is 1. The van der Waals surface area contributed by atoms with E-state index >= 15 is 0 Å². The van der Waals surface area contributed by atoms with E-state index in [0.717, 1.165) is 24.3 Å². The number of ether oxygens (including phenoxy) is 2. The average Bonchev–Trinajstić information content (AvgIpc) is 3.02. The van der Waals surface area contributed by atoms with E-state index < -0.39 is 11.7 Å². The van der Waals surface area contributed by atoms with Crippen molar-refractivity contribution in [1.82, 2.24) is 10.3 Å². The number of carbonyl (C=O) groups is 1. The van der Waals surface area contributed by atoms with E-state index in [1.165, 1.54) is 0 Å². The predicted octanol–water partition coefficient (Wildman–Crippen LogP) is 3.27. The molecule has 1 fully saturated rings. The van der Waals surface area contributed by atoms with Gasteiger partial charge in [0.05, 0.1) is 16.6 Å². The Morgan fingerprint density at radius 1 is 1.57 bits per heavy atom. The van der Waals surface area contributed by atoms with Crippen molar-refractivity contribution in [2.24, 2.45) is 0 Å². The minimum Gasteiger partial charge on any atom is -0.485 e. The largest absolute Gasteiger partial charge is 0.485 e. The van der Waals surface area contributed by atoms with Crippen molar-refractivity contribution in [2.75, 3.05) is 6.54 Å². The molecule has 1 aliphatic heterocycles. The number of nitrogens with zero attached hydrogens (tertiary/aromatic N) is 1. The van der Waals surface area contributed by atoms with Crippen LogP contribution in [0.5, 0.6) is 5.75 Å². The summed E-state index contributed by atoms with van der Waals surface area (Å²) < 4.78 is 11.3. The van der Waals surface area contributed by atoms with Crippen LogP contribution in [-0.2, 0) is 4.74 Å². The van der Waals surface area contributed by atoms with Crippen molar-refractivity contribution < 1.29 is 14.3 Å². The van der Waals surface area contributed by atoms with Gasteiger partial charge in [0.2, 0.25) is 0 Å². The molecule has 0 saturated heterocycles. The smallest absolute Gasteiger partial charge is 0.407 e.